The quantitative estimate of drug-likeness (QED) is 0.884. The van der Waals surface area contributed by atoms with E-state index in [1.807, 2.05) is 0 Å². The lowest BCUT2D eigenvalue weighted by atomic mass is 10.1. The molecule has 0 saturated carbocycles. The van der Waals surface area contributed by atoms with Crippen molar-refractivity contribution in [3.05, 3.63) is 64.3 Å². The standard InChI is InChI=1S/C14H13FN2O2/c15-11-4-1-10(2-5-11)3-6-14(19)17-12-9-16-8-7-13(12)18/h1-2,4-5,7-9H,3,6H2,(H,16,18)(H,17,19). The molecule has 1 amide bonds. The molecular formula is C14H13FN2O2. The SMILES string of the molecule is O=C(CCc1ccc(F)cc1)Nc1c[nH]ccc1=O. The summed E-state index contributed by atoms with van der Waals surface area (Å²) in [7, 11) is 0. The van der Waals surface area contributed by atoms with Crippen LogP contribution in [0.4, 0.5) is 10.1 Å². The van der Waals surface area contributed by atoms with Crippen LogP contribution in [0.2, 0.25) is 0 Å². The number of halogens is 1. The number of hydrogen-bond acceptors (Lipinski definition) is 2. The summed E-state index contributed by atoms with van der Waals surface area (Å²) < 4.78 is 12.7. The number of nitrogens with one attached hydrogen (secondary N) is 2. The van der Waals surface area contributed by atoms with Crippen LogP contribution >= 0.6 is 0 Å². The minimum absolute atomic E-state index is 0.228. The van der Waals surface area contributed by atoms with Crippen LogP contribution in [0.15, 0.2) is 47.5 Å². The van der Waals surface area contributed by atoms with E-state index in [4.69, 9.17) is 0 Å². The van der Waals surface area contributed by atoms with E-state index in [2.05, 4.69) is 10.3 Å². The summed E-state index contributed by atoms with van der Waals surface area (Å²) in [5.74, 6) is -0.551. The molecule has 2 aromatic rings. The van der Waals surface area contributed by atoms with Crippen molar-refractivity contribution in [3.63, 3.8) is 0 Å². The summed E-state index contributed by atoms with van der Waals surface area (Å²) in [6.45, 7) is 0. The van der Waals surface area contributed by atoms with Crippen LogP contribution in [-0.4, -0.2) is 10.9 Å². The third kappa shape index (κ3) is 3.77. The average Bonchev–Trinajstić information content (AvgIpc) is 2.41. The highest BCUT2D eigenvalue weighted by atomic mass is 19.1. The molecule has 98 valence electrons. The van der Waals surface area contributed by atoms with Gasteiger partial charge in [0.25, 0.3) is 0 Å². The molecule has 0 aliphatic heterocycles. The molecule has 2 rings (SSSR count). The summed E-state index contributed by atoms with van der Waals surface area (Å²) >= 11 is 0. The Labute approximate surface area is 109 Å². The zero-order chi connectivity index (χ0) is 13.7. The second kappa shape index (κ2) is 5.95. The molecule has 0 spiro atoms. The second-order valence-electron chi connectivity index (χ2n) is 4.10. The fourth-order valence-corrected chi connectivity index (χ4v) is 1.64. The molecular weight excluding hydrogens is 247 g/mol. The van der Waals surface area contributed by atoms with E-state index in [1.165, 1.54) is 30.6 Å². The van der Waals surface area contributed by atoms with Crippen LogP contribution in [0.3, 0.4) is 0 Å². The summed E-state index contributed by atoms with van der Waals surface area (Å²) in [6.07, 6.45) is 3.67. The number of anilines is 1. The highest BCUT2D eigenvalue weighted by Gasteiger charge is 2.05. The van der Waals surface area contributed by atoms with Gasteiger partial charge in [-0.15, -0.1) is 0 Å². The first-order chi connectivity index (χ1) is 9.15. The number of aromatic amines is 1. The van der Waals surface area contributed by atoms with Gasteiger partial charge in [-0.25, -0.2) is 4.39 Å². The van der Waals surface area contributed by atoms with Crippen molar-refractivity contribution in [1.29, 1.82) is 0 Å². The number of carbonyl (C=O) groups excluding carboxylic acids is 1. The van der Waals surface area contributed by atoms with Crippen molar-refractivity contribution in [1.82, 2.24) is 4.98 Å². The molecule has 0 aliphatic carbocycles. The average molecular weight is 260 g/mol. The number of carbonyl (C=O) groups is 1. The van der Waals surface area contributed by atoms with Gasteiger partial charge in [0, 0.05) is 24.9 Å². The van der Waals surface area contributed by atoms with E-state index >= 15 is 0 Å². The van der Waals surface area contributed by atoms with E-state index in [0.29, 0.717) is 6.42 Å². The van der Waals surface area contributed by atoms with Crippen LogP contribution < -0.4 is 10.7 Å². The maximum absolute atomic E-state index is 12.7. The molecule has 5 heteroatoms. The van der Waals surface area contributed by atoms with E-state index in [9.17, 15) is 14.0 Å². The fourth-order valence-electron chi connectivity index (χ4n) is 1.64. The van der Waals surface area contributed by atoms with Gasteiger partial charge in [-0.3, -0.25) is 9.59 Å². The predicted molar refractivity (Wildman–Crippen MR) is 70.4 cm³/mol. The molecule has 0 atom stereocenters. The number of rotatable bonds is 4. The molecule has 0 unspecified atom stereocenters. The largest absolute Gasteiger partial charge is 0.366 e. The van der Waals surface area contributed by atoms with Crippen LogP contribution in [0.5, 0.6) is 0 Å². The zero-order valence-corrected chi connectivity index (χ0v) is 10.2. The fraction of sp³-hybridized carbons (Fsp3) is 0.143. The molecule has 1 aromatic heterocycles. The van der Waals surface area contributed by atoms with E-state index in [1.54, 1.807) is 12.1 Å². The Morgan fingerprint density at radius 1 is 1.21 bits per heavy atom. The lowest BCUT2D eigenvalue weighted by Crippen LogP contribution is -2.18. The van der Waals surface area contributed by atoms with Gasteiger partial charge in [0.15, 0.2) is 0 Å². The lowest BCUT2D eigenvalue weighted by Gasteiger charge is -2.04. The Bertz CT molecular complexity index is 620. The first kappa shape index (κ1) is 13.0. The van der Waals surface area contributed by atoms with Crippen LogP contribution in [0.1, 0.15) is 12.0 Å². The van der Waals surface area contributed by atoms with Gasteiger partial charge in [0.2, 0.25) is 11.3 Å². The summed E-state index contributed by atoms with van der Waals surface area (Å²) in [4.78, 5) is 25.8. The summed E-state index contributed by atoms with van der Waals surface area (Å²) in [5.41, 5.74) is 0.860. The Balaban J connectivity index is 1.90. The van der Waals surface area contributed by atoms with E-state index in [0.717, 1.165) is 5.56 Å². The Hall–Kier alpha value is -2.43. The van der Waals surface area contributed by atoms with Gasteiger partial charge in [-0.1, -0.05) is 12.1 Å². The normalized spacial score (nSPS) is 10.2. The molecule has 4 nitrogen and oxygen atoms in total. The predicted octanol–water partition coefficient (Wildman–Crippen LogP) is 2.09. The third-order valence-corrected chi connectivity index (χ3v) is 2.65. The highest BCUT2D eigenvalue weighted by molar-refractivity contribution is 5.90. The van der Waals surface area contributed by atoms with Gasteiger partial charge in [0.1, 0.15) is 11.5 Å². The number of amides is 1. The van der Waals surface area contributed by atoms with Gasteiger partial charge < -0.3 is 10.3 Å². The van der Waals surface area contributed by atoms with E-state index in [-0.39, 0.29) is 29.3 Å². The number of H-pyrrole nitrogens is 1. The molecule has 0 bridgehead atoms. The maximum atomic E-state index is 12.7. The molecule has 1 aromatic carbocycles. The highest BCUT2D eigenvalue weighted by Crippen LogP contribution is 2.06. The molecule has 0 fully saturated rings. The summed E-state index contributed by atoms with van der Waals surface area (Å²) in [5, 5.41) is 2.54. The topological polar surface area (TPSA) is 62.0 Å². The zero-order valence-electron chi connectivity index (χ0n) is 10.2. The van der Waals surface area contributed by atoms with Crippen LogP contribution in [-0.2, 0) is 11.2 Å². The minimum Gasteiger partial charge on any atom is -0.366 e. The Morgan fingerprint density at radius 3 is 2.63 bits per heavy atom. The van der Waals surface area contributed by atoms with Gasteiger partial charge >= 0.3 is 0 Å². The van der Waals surface area contributed by atoms with Gasteiger partial charge in [-0.2, -0.15) is 0 Å². The number of pyridine rings is 1. The molecule has 1 heterocycles. The number of aryl methyl sites for hydroxylation is 1. The lowest BCUT2D eigenvalue weighted by molar-refractivity contribution is -0.116. The Kier molecular flexibility index (Phi) is 4.07. The van der Waals surface area contributed by atoms with Gasteiger partial charge in [-0.05, 0) is 24.1 Å². The number of hydrogen-bond donors (Lipinski definition) is 2. The number of aromatic nitrogens is 1. The van der Waals surface area contributed by atoms with Gasteiger partial charge in [0.05, 0.1) is 0 Å². The van der Waals surface area contributed by atoms with Crippen molar-refractivity contribution >= 4 is 11.6 Å². The second-order valence-corrected chi connectivity index (χ2v) is 4.10. The molecule has 0 radical (unpaired) electrons. The van der Waals surface area contributed by atoms with Crippen LogP contribution in [0, 0.1) is 5.82 Å². The number of benzene rings is 1. The van der Waals surface area contributed by atoms with Crippen molar-refractivity contribution in [3.8, 4) is 0 Å². The molecule has 2 N–H and O–H groups in total. The monoisotopic (exact) mass is 260 g/mol. The minimum atomic E-state index is -0.302. The first-order valence-electron chi connectivity index (χ1n) is 5.86. The maximum Gasteiger partial charge on any atom is 0.224 e. The molecule has 0 aliphatic rings. The third-order valence-electron chi connectivity index (χ3n) is 2.65. The smallest absolute Gasteiger partial charge is 0.224 e. The van der Waals surface area contributed by atoms with Crippen molar-refractivity contribution in [2.45, 2.75) is 12.8 Å². The molecule has 0 saturated heterocycles. The molecule has 19 heavy (non-hydrogen) atoms. The van der Waals surface area contributed by atoms with E-state index < -0.39 is 0 Å². The van der Waals surface area contributed by atoms with Crippen molar-refractivity contribution < 1.29 is 9.18 Å². The van der Waals surface area contributed by atoms with Crippen LogP contribution in [0.25, 0.3) is 0 Å². The van der Waals surface area contributed by atoms with Crippen molar-refractivity contribution in [2.24, 2.45) is 0 Å². The summed E-state index contributed by atoms with van der Waals surface area (Å²) in [6, 6.07) is 7.33. The van der Waals surface area contributed by atoms with Crippen molar-refractivity contribution in [2.75, 3.05) is 5.32 Å². The first-order valence-corrected chi connectivity index (χ1v) is 5.86. The Morgan fingerprint density at radius 2 is 1.95 bits per heavy atom.